The monoisotopic (exact) mass is 513 g/mol. The summed E-state index contributed by atoms with van der Waals surface area (Å²) >= 11 is 0. The summed E-state index contributed by atoms with van der Waals surface area (Å²) in [7, 11) is 0. The number of ether oxygens (including phenoxy) is 2. The maximum Gasteiger partial charge on any atom is 0.410 e. The van der Waals surface area contributed by atoms with E-state index < -0.39 is 22.8 Å². The first-order valence-electron chi connectivity index (χ1n) is 12.8. The number of rotatable bonds is 6. The average Bonchev–Trinajstić information content (AvgIpc) is 2.76. The van der Waals surface area contributed by atoms with Crippen molar-refractivity contribution in [1.29, 1.82) is 0 Å². The van der Waals surface area contributed by atoms with E-state index in [-0.39, 0.29) is 41.2 Å². The molecule has 0 radical (unpaired) electrons. The van der Waals surface area contributed by atoms with Gasteiger partial charge in [0.2, 0.25) is 0 Å². The van der Waals surface area contributed by atoms with E-state index in [0.717, 1.165) is 5.56 Å². The Morgan fingerprint density at radius 2 is 1.76 bits per heavy atom. The largest absolute Gasteiger partial charge is 0.507 e. The lowest BCUT2D eigenvalue weighted by Gasteiger charge is -2.34. The predicted octanol–water partition coefficient (Wildman–Crippen LogP) is 5.24. The minimum atomic E-state index is -1.75. The molecule has 1 unspecified atom stereocenters. The van der Waals surface area contributed by atoms with E-state index in [4.69, 9.17) is 9.47 Å². The number of hydrogen-bond donors (Lipinski definition) is 2. The van der Waals surface area contributed by atoms with Crippen LogP contribution in [-0.2, 0) is 15.1 Å². The number of amides is 1. The Morgan fingerprint density at radius 3 is 2.32 bits per heavy atom. The van der Waals surface area contributed by atoms with Gasteiger partial charge in [0.25, 0.3) is 0 Å². The highest BCUT2D eigenvalue weighted by Gasteiger charge is 2.34. The first kappa shape index (κ1) is 27.1. The quantitative estimate of drug-likeness (QED) is 0.513. The van der Waals surface area contributed by atoms with Gasteiger partial charge in [-0.05, 0) is 69.7 Å². The fourth-order valence-corrected chi connectivity index (χ4v) is 4.97. The van der Waals surface area contributed by atoms with Crippen LogP contribution in [0.4, 0.5) is 9.18 Å². The van der Waals surface area contributed by atoms with Crippen molar-refractivity contribution in [2.45, 2.75) is 70.0 Å². The lowest BCUT2D eigenvalue weighted by molar-refractivity contribution is 0.00816. The summed E-state index contributed by atoms with van der Waals surface area (Å²) in [5.74, 6) is -1.07. The first-order valence-corrected chi connectivity index (χ1v) is 12.8. The molecule has 7 nitrogen and oxygen atoms in total. The summed E-state index contributed by atoms with van der Waals surface area (Å²) in [4.78, 5) is 27.2. The van der Waals surface area contributed by atoms with E-state index in [1.807, 2.05) is 20.8 Å². The van der Waals surface area contributed by atoms with E-state index in [1.54, 1.807) is 23.1 Å². The Morgan fingerprint density at radius 1 is 1.08 bits per heavy atom. The number of Topliss-reactive ketones (excluding diaryl/α,β-unsaturated/α-hetero) is 1. The third-order valence-corrected chi connectivity index (χ3v) is 7.14. The number of ketones is 1. The van der Waals surface area contributed by atoms with Gasteiger partial charge in [0.15, 0.2) is 5.78 Å². The minimum absolute atomic E-state index is 0.0348. The Kier molecular flexibility index (Phi) is 7.62. The number of hydrogen-bond acceptors (Lipinski definition) is 6. The highest BCUT2D eigenvalue weighted by molar-refractivity contribution is 5.99. The van der Waals surface area contributed by atoms with Crippen LogP contribution >= 0.6 is 0 Å². The molecule has 4 rings (SSSR count). The van der Waals surface area contributed by atoms with Gasteiger partial charge in [-0.25, -0.2) is 9.18 Å². The molecule has 2 aromatic carbocycles. The van der Waals surface area contributed by atoms with Gasteiger partial charge >= 0.3 is 6.09 Å². The van der Waals surface area contributed by atoms with Crippen molar-refractivity contribution in [3.05, 3.63) is 64.5 Å². The molecule has 2 aliphatic rings. The highest BCUT2D eigenvalue weighted by atomic mass is 19.1. The molecule has 0 spiro atoms. The Balaban J connectivity index is 1.44. The van der Waals surface area contributed by atoms with E-state index in [9.17, 15) is 24.2 Å². The summed E-state index contributed by atoms with van der Waals surface area (Å²) < 4.78 is 25.5. The van der Waals surface area contributed by atoms with Crippen molar-refractivity contribution in [2.24, 2.45) is 0 Å². The van der Waals surface area contributed by atoms with Crippen molar-refractivity contribution < 1.29 is 33.7 Å². The summed E-state index contributed by atoms with van der Waals surface area (Å²) in [6, 6.07) is 9.66. The van der Waals surface area contributed by atoms with Gasteiger partial charge in [0.05, 0.1) is 24.4 Å². The molecule has 1 amide bonds. The molecule has 2 heterocycles. The molecule has 0 bridgehead atoms. The molecular formula is C29H36FNO6. The van der Waals surface area contributed by atoms with E-state index in [1.165, 1.54) is 25.1 Å². The zero-order valence-corrected chi connectivity index (χ0v) is 21.9. The fourth-order valence-electron chi connectivity index (χ4n) is 4.97. The highest BCUT2D eigenvalue weighted by Crippen LogP contribution is 2.38. The van der Waals surface area contributed by atoms with Crippen molar-refractivity contribution >= 4 is 11.9 Å². The van der Waals surface area contributed by atoms with Gasteiger partial charge < -0.3 is 24.6 Å². The summed E-state index contributed by atoms with van der Waals surface area (Å²) in [6.07, 6.45) is 0.490. The second kappa shape index (κ2) is 10.4. The molecule has 200 valence electrons. The average molecular weight is 514 g/mol. The van der Waals surface area contributed by atoms with Crippen LogP contribution < -0.4 is 0 Å². The Hall–Kier alpha value is -2.97. The Bertz CT molecular complexity index is 1160. The summed E-state index contributed by atoms with van der Waals surface area (Å²) in [5, 5.41) is 22.1. The number of aliphatic hydroxyl groups is 1. The van der Waals surface area contributed by atoms with Crippen molar-refractivity contribution in [3.8, 4) is 5.75 Å². The fraction of sp³-hybridized carbons (Fsp3) is 0.517. The predicted molar refractivity (Wildman–Crippen MR) is 136 cm³/mol. The van der Waals surface area contributed by atoms with E-state index >= 15 is 0 Å². The van der Waals surface area contributed by atoms with Crippen LogP contribution in [0.25, 0.3) is 0 Å². The minimum Gasteiger partial charge on any atom is -0.507 e. The third kappa shape index (κ3) is 6.13. The van der Waals surface area contributed by atoms with Crippen LogP contribution in [0.2, 0.25) is 0 Å². The zero-order chi connectivity index (χ0) is 27.0. The van der Waals surface area contributed by atoms with Crippen LogP contribution in [-0.4, -0.2) is 58.9 Å². The summed E-state index contributed by atoms with van der Waals surface area (Å²) in [6.45, 7) is 8.93. The molecule has 2 saturated heterocycles. The topological polar surface area (TPSA) is 96.3 Å². The van der Waals surface area contributed by atoms with E-state index in [0.29, 0.717) is 44.7 Å². The number of phenols is 1. The number of carbonyl (C=O) groups is 2. The maximum atomic E-state index is 14.9. The summed E-state index contributed by atoms with van der Waals surface area (Å²) in [5.41, 5.74) is -0.758. The number of piperidine rings is 1. The molecular weight excluding hydrogens is 477 g/mol. The lowest BCUT2D eigenvalue weighted by Crippen LogP contribution is -2.41. The maximum absolute atomic E-state index is 14.9. The van der Waals surface area contributed by atoms with Gasteiger partial charge in [-0.2, -0.15) is 0 Å². The Labute approximate surface area is 217 Å². The first-order chi connectivity index (χ1) is 17.4. The van der Waals surface area contributed by atoms with Gasteiger partial charge in [-0.1, -0.05) is 24.3 Å². The second-order valence-corrected chi connectivity index (χ2v) is 11.3. The molecule has 2 fully saturated rings. The molecule has 1 atom stereocenters. The lowest BCUT2D eigenvalue weighted by atomic mass is 9.84. The molecule has 0 aromatic heterocycles. The van der Waals surface area contributed by atoms with Gasteiger partial charge in [0.1, 0.15) is 17.2 Å². The number of aromatic hydroxyl groups is 1. The van der Waals surface area contributed by atoms with Crippen molar-refractivity contribution in [3.63, 3.8) is 0 Å². The second-order valence-electron chi connectivity index (χ2n) is 11.3. The number of para-hydroxylation sites is 1. The normalized spacial score (nSPS) is 18.7. The van der Waals surface area contributed by atoms with Crippen LogP contribution in [0.3, 0.4) is 0 Å². The standard InChI is InChI=1S/C29H36FNO6/c1-28(2,3)37-27(34)31-12-10-18(11-13-31)21-6-5-7-22(26(21)33)25(32)15-29(4,35)23-9-8-19(14-24(23)30)20-16-36-17-20/h5-9,14,18,20,33,35H,10-13,15-17H2,1-4H3. The van der Waals surface area contributed by atoms with E-state index in [2.05, 4.69) is 0 Å². The number of halogens is 1. The van der Waals surface area contributed by atoms with Gasteiger partial charge in [0, 0.05) is 31.0 Å². The molecule has 37 heavy (non-hydrogen) atoms. The number of phenolic OH excluding ortho intramolecular Hbond substituents is 1. The van der Waals surface area contributed by atoms with Crippen LogP contribution in [0.15, 0.2) is 36.4 Å². The van der Waals surface area contributed by atoms with Crippen LogP contribution in [0.5, 0.6) is 5.75 Å². The van der Waals surface area contributed by atoms with Crippen LogP contribution in [0, 0.1) is 5.82 Å². The number of carbonyl (C=O) groups excluding carboxylic acids is 2. The third-order valence-electron chi connectivity index (χ3n) is 7.14. The SMILES string of the molecule is CC(C)(C)OC(=O)N1CCC(c2cccc(C(=O)CC(C)(O)c3ccc(C4COC4)cc3F)c2O)CC1. The van der Waals surface area contributed by atoms with Gasteiger partial charge in [-0.15, -0.1) is 0 Å². The molecule has 8 heteroatoms. The number of benzene rings is 2. The smallest absolute Gasteiger partial charge is 0.410 e. The van der Waals surface area contributed by atoms with Crippen molar-refractivity contribution in [1.82, 2.24) is 4.90 Å². The molecule has 0 aliphatic carbocycles. The van der Waals surface area contributed by atoms with Crippen molar-refractivity contribution in [2.75, 3.05) is 26.3 Å². The molecule has 2 N–H and O–H groups in total. The zero-order valence-electron chi connectivity index (χ0n) is 21.9. The van der Waals surface area contributed by atoms with Gasteiger partial charge in [-0.3, -0.25) is 4.79 Å². The molecule has 0 saturated carbocycles. The number of likely N-dealkylation sites (tertiary alicyclic amines) is 1. The number of nitrogens with zero attached hydrogens (tertiary/aromatic N) is 1. The molecule has 2 aromatic rings. The van der Waals surface area contributed by atoms with Crippen LogP contribution in [0.1, 0.15) is 85.8 Å². The molecule has 2 aliphatic heterocycles.